The molecule has 2 aromatic carbocycles. The second-order valence-electron chi connectivity index (χ2n) is 6.62. The zero-order valence-corrected chi connectivity index (χ0v) is 15.6. The van der Waals surface area contributed by atoms with Crippen LogP contribution < -0.4 is 14.8 Å². The predicted molar refractivity (Wildman–Crippen MR) is 102 cm³/mol. The van der Waals surface area contributed by atoms with Gasteiger partial charge in [0.15, 0.2) is 0 Å². The quantitative estimate of drug-likeness (QED) is 0.798. The summed E-state index contributed by atoms with van der Waals surface area (Å²) in [4.78, 5) is 12.6. The Bertz CT molecular complexity index is 708. The topological polar surface area (TPSA) is 47.6 Å². The fourth-order valence-electron chi connectivity index (χ4n) is 2.71. The highest BCUT2D eigenvalue weighted by Crippen LogP contribution is 2.30. The van der Waals surface area contributed by atoms with Gasteiger partial charge in [0.1, 0.15) is 11.5 Å². The van der Waals surface area contributed by atoms with Crippen molar-refractivity contribution in [1.29, 1.82) is 0 Å². The second kappa shape index (κ2) is 8.56. The molecule has 0 saturated carbocycles. The summed E-state index contributed by atoms with van der Waals surface area (Å²) in [6.07, 6.45) is 1.05. The van der Waals surface area contributed by atoms with Crippen molar-refractivity contribution in [3.05, 3.63) is 53.6 Å². The van der Waals surface area contributed by atoms with Crippen LogP contribution in [0.2, 0.25) is 0 Å². The molecule has 2 rings (SSSR count). The molecule has 0 spiro atoms. The summed E-state index contributed by atoms with van der Waals surface area (Å²) in [6, 6.07) is 13.6. The number of anilines is 1. The van der Waals surface area contributed by atoms with Crippen LogP contribution in [0.1, 0.15) is 37.8 Å². The molecule has 0 saturated heterocycles. The number of nitrogens with one attached hydrogen (secondary N) is 1. The van der Waals surface area contributed by atoms with E-state index in [0.717, 1.165) is 12.0 Å². The minimum atomic E-state index is -0.250. The molecule has 0 aliphatic carbocycles. The minimum absolute atomic E-state index is 0.0694. The number of ether oxygens (including phenoxy) is 2. The number of amides is 1. The van der Waals surface area contributed by atoms with Gasteiger partial charge in [0.05, 0.1) is 25.8 Å². The fourth-order valence-corrected chi connectivity index (χ4v) is 2.71. The van der Waals surface area contributed by atoms with E-state index < -0.39 is 0 Å². The van der Waals surface area contributed by atoms with Gasteiger partial charge in [-0.15, -0.1) is 0 Å². The molecule has 4 nitrogen and oxygen atoms in total. The molecule has 0 fully saturated rings. The number of carbonyl (C=O) groups excluding carboxylic acids is 1. The van der Waals surface area contributed by atoms with E-state index in [1.54, 1.807) is 32.4 Å². The van der Waals surface area contributed by atoms with Crippen LogP contribution in [-0.2, 0) is 11.2 Å². The largest absolute Gasteiger partial charge is 0.497 e. The van der Waals surface area contributed by atoms with Crippen molar-refractivity contribution < 1.29 is 14.3 Å². The Hall–Kier alpha value is -2.49. The molecule has 134 valence electrons. The van der Waals surface area contributed by atoms with Gasteiger partial charge in [0.25, 0.3) is 0 Å². The first-order chi connectivity index (χ1) is 11.9. The van der Waals surface area contributed by atoms with Crippen LogP contribution in [0.4, 0.5) is 5.69 Å². The molecule has 25 heavy (non-hydrogen) atoms. The lowest BCUT2D eigenvalue weighted by molar-refractivity contribution is -0.117. The van der Waals surface area contributed by atoms with Crippen molar-refractivity contribution in [3.8, 4) is 11.5 Å². The average Bonchev–Trinajstić information content (AvgIpc) is 2.61. The summed E-state index contributed by atoms with van der Waals surface area (Å²) in [6.45, 7) is 6.31. The van der Waals surface area contributed by atoms with Crippen molar-refractivity contribution >= 4 is 11.6 Å². The van der Waals surface area contributed by atoms with Crippen molar-refractivity contribution in [3.63, 3.8) is 0 Å². The molecular weight excluding hydrogens is 314 g/mol. The molecule has 0 bridgehead atoms. The van der Waals surface area contributed by atoms with Crippen molar-refractivity contribution in [2.24, 2.45) is 5.92 Å². The first kappa shape index (κ1) is 18.8. The van der Waals surface area contributed by atoms with Gasteiger partial charge in [0, 0.05) is 6.07 Å². The van der Waals surface area contributed by atoms with Gasteiger partial charge in [-0.05, 0) is 42.5 Å². The zero-order chi connectivity index (χ0) is 18.4. The third-order valence-corrected chi connectivity index (χ3v) is 4.18. The van der Waals surface area contributed by atoms with E-state index in [4.69, 9.17) is 9.47 Å². The molecule has 1 amide bonds. The van der Waals surface area contributed by atoms with E-state index in [1.165, 1.54) is 5.56 Å². The smallest absolute Gasteiger partial charge is 0.231 e. The maximum Gasteiger partial charge on any atom is 0.231 e. The Morgan fingerprint density at radius 1 is 1.00 bits per heavy atom. The Kier molecular flexibility index (Phi) is 6.45. The van der Waals surface area contributed by atoms with E-state index in [1.807, 2.05) is 19.1 Å². The van der Waals surface area contributed by atoms with E-state index in [0.29, 0.717) is 23.1 Å². The normalized spacial score (nSPS) is 11.9. The van der Waals surface area contributed by atoms with Gasteiger partial charge >= 0.3 is 0 Å². The van der Waals surface area contributed by atoms with Crippen LogP contribution in [-0.4, -0.2) is 20.1 Å². The van der Waals surface area contributed by atoms with Crippen LogP contribution in [0.25, 0.3) is 0 Å². The lowest BCUT2D eigenvalue weighted by Gasteiger charge is -2.16. The molecule has 0 aromatic heterocycles. The van der Waals surface area contributed by atoms with Crippen LogP contribution >= 0.6 is 0 Å². The SMILES string of the molecule is COc1ccc(NC(=O)[C@@H](C)c2ccc(CC(C)C)cc2)c(OC)c1. The Morgan fingerprint density at radius 3 is 2.24 bits per heavy atom. The summed E-state index contributed by atoms with van der Waals surface area (Å²) >= 11 is 0. The molecule has 0 radical (unpaired) electrons. The number of carbonyl (C=O) groups is 1. The number of rotatable bonds is 7. The highest BCUT2D eigenvalue weighted by Gasteiger charge is 2.17. The summed E-state index contributed by atoms with van der Waals surface area (Å²) in [7, 11) is 3.17. The van der Waals surface area contributed by atoms with E-state index in [-0.39, 0.29) is 11.8 Å². The lowest BCUT2D eigenvalue weighted by atomic mass is 9.96. The van der Waals surface area contributed by atoms with Crippen LogP contribution in [0, 0.1) is 5.92 Å². The Morgan fingerprint density at radius 2 is 1.68 bits per heavy atom. The zero-order valence-electron chi connectivity index (χ0n) is 15.6. The van der Waals surface area contributed by atoms with Crippen LogP contribution in [0.3, 0.4) is 0 Å². The third-order valence-electron chi connectivity index (χ3n) is 4.18. The minimum Gasteiger partial charge on any atom is -0.497 e. The van der Waals surface area contributed by atoms with Gasteiger partial charge in [-0.25, -0.2) is 0 Å². The number of hydrogen-bond donors (Lipinski definition) is 1. The van der Waals surface area contributed by atoms with Crippen LogP contribution in [0.15, 0.2) is 42.5 Å². The van der Waals surface area contributed by atoms with Crippen LogP contribution in [0.5, 0.6) is 11.5 Å². The van der Waals surface area contributed by atoms with E-state index >= 15 is 0 Å². The van der Waals surface area contributed by atoms with Crippen molar-refractivity contribution in [2.45, 2.75) is 33.1 Å². The van der Waals surface area contributed by atoms with Crippen molar-refractivity contribution in [2.75, 3.05) is 19.5 Å². The second-order valence-corrected chi connectivity index (χ2v) is 6.62. The Balaban J connectivity index is 2.10. The average molecular weight is 341 g/mol. The molecule has 1 atom stereocenters. The molecule has 2 aromatic rings. The van der Waals surface area contributed by atoms with Gasteiger partial charge in [-0.1, -0.05) is 38.1 Å². The molecule has 4 heteroatoms. The predicted octanol–water partition coefficient (Wildman–Crippen LogP) is 4.64. The standard InChI is InChI=1S/C21H27NO3/c1-14(2)12-16-6-8-17(9-7-16)15(3)21(23)22-19-11-10-18(24-4)13-20(19)25-5/h6-11,13-15H,12H2,1-5H3,(H,22,23)/t15-/m0/s1. The third kappa shape index (κ3) is 4.99. The number of benzene rings is 2. The molecule has 1 N–H and O–H groups in total. The summed E-state index contributed by atoms with van der Waals surface area (Å²) in [5.41, 5.74) is 2.93. The monoisotopic (exact) mass is 341 g/mol. The maximum atomic E-state index is 12.6. The summed E-state index contributed by atoms with van der Waals surface area (Å²) in [5.74, 6) is 1.56. The van der Waals surface area contributed by atoms with Gasteiger partial charge in [0.2, 0.25) is 5.91 Å². The molecular formula is C21H27NO3. The Labute approximate surface area is 150 Å². The fraction of sp³-hybridized carbons (Fsp3) is 0.381. The molecule has 0 aliphatic heterocycles. The first-order valence-corrected chi connectivity index (χ1v) is 8.56. The van der Waals surface area contributed by atoms with E-state index in [2.05, 4.69) is 31.3 Å². The summed E-state index contributed by atoms with van der Waals surface area (Å²) in [5, 5.41) is 2.94. The first-order valence-electron chi connectivity index (χ1n) is 8.56. The lowest BCUT2D eigenvalue weighted by Crippen LogP contribution is -2.19. The van der Waals surface area contributed by atoms with Gasteiger partial charge < -0.3 is 14.8 Å². The number of hydrogen-bond acceptors (Lipinski definition) is 3. The molecule has 0 unspecified atom stereocenters. The van der Waals surface area contributed by atoms with Gasteiger partial charge in [-0.2, -0.15) is 0 Å². The highest BCUT2D eigenvalue weighted by molar-refractivity contribution is 5.96. The highest BCUT2D eigenvalue weighted by atomic mass is 16.5. The summed E-state index contributed by atoms with van der Waals surface area (Å²) < 4.78 is 10.5. The molecule has 0 aliphatic rings. The molecule has 0 heterocycles. The van der Waals surface area contributed by atoms with Crippen molar-refractivity contribution in [1.82, 2.24) is 0 Å². The maximum absolute atomic E-state index is 12.6. The van der Waals surface area contributed by atoms with Gasteiger partial charge in [-0.3, -0.25) is 4.79 Å². The van der Waals surface area contributed by atoms with E-state index in [9.17, 15) is 4.79 Å². The number of methoxy groups -OCH3 is 2.